The van der Waals surface area contributed by atoms with E-state index in [4.69, 9.17) is 11.6 Å². The van der Waals surface area contributed by atoms with Gasteiger partial charge in [0.05, 0.1) is 5.69 Å². The van der Waals surface area contributed by atoms with Gasteiger partial charge in [-0.15, -0.1) is 11.6 Å². The topological polar surface area (TPSA) is 15.6 Å². The van der Waals surface area contributed by atoms with Crippen LogP contribution in [0.25, 0.3) is 0 Å². The average molecular weight is 241 g/mol. The molecule has 1 aromatic carbocycles. The van der Waals surface area contributed by atoms with Crippen LogP contribution in [-0.2, 0) is 0 Å². The van der Waals surface area contributed by atoms with Crippen LogP contribution >= 0.6 is 23.4 Å². The van der Waals surface area contributed by atoms with Gasteiger partial charge in [0.15, 0.2) is 5.17 Å². The Labute approximate surface area is 99.3 Å². The molecule has 0 unspecified atom stereocenters. The van der Waals surface area contributed by atoms with Gasteiger partial charge >= 0.3 is 0 Å². The molecule has 0 amide bonds. The van der Waals surface area contributed by atoms with Gasteiger partial charge in [0.25, 0.3) is 0 Å². The molecule has 1 saturated heterocycles. The van der Waals surface area contributed by atoms with Crippen molar-refractivity contribution in [3.63, 3.8) is 0 Å². The van der Waals surface area contributed by atoms with Gasteiger partial charge in [0, 0.05) is 24.7 Å². The van der Waals surface area contributed by atoms with Crippen molar-refractivity contribution in [3.8, 4) is 0 Å². The van der Waals surface area contributed by atoms with Crippen LogP contribution in [0, 0.1) is 0 Å². The lowest BCUT2D eigenvalue weighted by Crippen LogP contribution is -2.26. The molecule has 80 valence electrons. The number of rotatable bonds is 3. The minimum absolute atomic E-state index is 0.661. The van der Waals surface area contributed by atoms with Crippen LogP contribution in [-0.4, -0.2) is 34.8 Å². The summed E-state index contributed by atoms with van der Waals surface area (Å²) in [6.07, 6.45) is 0. The van der Waals surface area contributed by atoms with Crippen molar-refractivity contribution < 1.29 is 0 Å². The fourth-order valence-corrected chi connectivity index (χ4v) is 2.69. The summed E-state index contributed by atoms with van der Waals surface area (Å²) >= 11 is 7.55. The van der Waals surface area contributed by atoms with Crippen molar-refractivity contribution in [1.82, 2.24) is 4.90 Å². The van der Waals surface area contributed by atoms with E-state index in [1.54, 1.807) is 11.8 Å². The van der Waals surface area contributed by atoms with Crippen molar-refractivity contribution in [2.75, 3.05) is 24.7 Å². The van der Waals surface area contributed by atoms with E-state index in [1.165, 1.54) is 0 Å². The molecule has 1 aliphatic heterocycles. The standard InChI is InChI=1S/C11H13ClN2S/c12-6-7-14-8-9-15-11(14)13-10-4-2-1-3-5-10/h1-5H,6-9H2. The van der Waals surface area contributed by atoms with E-state index < -0.39 is 0 Å². The molecule has 1 heterocycles. The molecule has 0 bridgehead atoms. The van der Waals surface area contributed by atoms with E-state index in [0.717, 1.165) is 29.7 Å². The number of nitrogens with zero attached hydrogens (tertiary/aromatic N) is 2. The Bertz CT molecular complexity index is 340. The van der Waals surface area contributed by atoms with E-state index in [1.807, 2.05) is 30.3 Å². The highest BCUT2D eigenvalue weighted by Crippen LogP contribution is 2.22. The van der Waals surface area contributed by atoms with Gasteiger partial charge in [-0.1, -0.05) is 30.0 Å². The predicted molar refractivity (Wildman–Crippen MR) is 68.3 cm³/mol. The average Bonchev–Trinajstić information content (AvgIpc) is 2.68. The number of para-hydroxylation sites is 1. The highest BCUT2D eigenvalue weighted by molar-refractivity contribution is 8.14. The Kier molecular flexibility index (Phi) is 3.92. The summed E-state index contributed by atoms with van der Waals surface area (Å²) in [5.41, 5.74) is 1.02. The van der Waals surface area contributed by atoms with Crippen LogP contribution in [0.5, 0.6) is 0 Å². The van der Waals surface area contributed by atoms with Crippen LogP contribution in [0.4, 0.5) is 5.69 Å². The molecule has 4 heteroatoms. The zero-order valence-electron chi connectivity index (χ0n) is 8.40. The summed E-state index contributed by atoms with van der Waals surface area (Å²) in [6, 6.07) is 10.0. The summed E-state index contributed by atoms with van der Waals surface area (Å²) in [5, 5.41) is 1.10. The first-order valence-corrected chi connectivity index (χ1v) is 6.49. The molecule has 0 spiro atoms. The number of amidine groups is 1. The summed E-state index contributed by atoms with van der Waals surface area (Å²) in [6.45, 7) is 1.95. The Balaban J connectivity index is 2.12. The van der Waals surface area contributed by atoms with E-state index in [0.29, 0.717) is 5.88 Å². The number of hydrogen-bond acceptors (Lipinski definition) is 2. The van der Waals surface area contributed by atoms with E-state index in [2.05, 4.69) is 9.89 Å². The van der Waals surface area contributed by atoms with Gasteiger partial charge in [0.2, 0.25) is 0 Å². The number of hydrogen-bond donors (Lipinski definition) is 0. The van der Waals surface area contributed by atoms with Gasteiger partial charge in [-0.2, -0.15) is 0 Å². The molecule has 0 saturated carbocycles. The van der Waals surface area contributed by atoms with Crippen LogP contribution in [0.1, 0.15) is 0 Å². The molecule has 0 radical (unpaired) electrons. The Hall–Kier alpha value is -0.670. The number of aliphatic imine (C=N–C) groups is 1. The third-order valence-electron chi connectivity index (χ3n) is 2.20. The zero-order chi connectivity index (χ0) is 10.5. The molecule has 1 aromatic rings. The molecule has 0 N–H and O–H groups in total. The monoisotopic (exact) mass is 240 g/mol. The summed E-state index contributed by atoms with van der Waals surface area (Å²) < 4.78 is 0. The molecule has 0 atom stereocenters. The fourth-order valence-electron chi connectivity index (χ4n) is 1.46. The fraction of sp³-hybridized carbons (Fsp3) is 0.364. The van der Waals surface area contributed by atoms with Crippen molar-refractivity contribution in [2.24, 2.45) is 4.99 Å². The highest BCUT2D eigenvalue weighted by atomic mass is 35.5. The highest BCUT2D eigenvalue weighted by Gasteiger charge is 2.18. The van der Waals surface area contributed by atoms with Crippen LogP contribution in [0.2, 0.25) is 0 Å². The molecule has 1 fully saturated rings. The SMILES string of the molecule is ClCCN1CCSC1=Nc1ccccc1. The van der Waals surface area contributed by atoms with Crippen LogP contribution < -0.4 is 0 Å². The third kappa shape index (κ3) is 2.89. The Morgan fingerprint density at radius 3 is 2.87 bits per heavy atom. The first-order valence-electron chi connectivity index (χ1n) is 4.97. The second-order valence-corrected chi connectivity index (χ2v) is 4.69. The molecule has 2 nitrogen and oxygen atoms in total. The predicted octanol–water partition coefficient (Wildman–Crippen LogP) is 2.96. The number of thioether (sulfide) groups is 1. The summed E-state index contributed by atoms with van der Waals surface area (Å²) in [7, 11) is 0. The van der Waals surface area contributed by atoms with Crippen molar-refractivity contribution >= 4 is 34.2 Å². The van der Waals surface area contributed by atoms with Gasteiger partial charge in [-0.3, -0.25) is 0 Å². The molecular weight excluding hydrogens is 228 g/mol. The Morgan fingerprint density at radius 1 is 1.33 bits per heavy atom. The maximum absolute atomic E-state index is 5.74. The van der Waals surface area contributed by atoms with E-state index in [9.17, 15) is 0 Å². The molecule has 0 aliphatic carbocycles. The summed E-state index contributed by atoms with van der Waals surface area (Å²) in [4.78, 5) is 6.85. The molecule has 1 aliphatic rings. The molecule has 15 heavy (non-hydrogen) atoms. The van der Waals surface area contributed by atoms with Gasteiger partial charge in [-0.25, -0.2) is 4.99 Å². The van der Waals surface area contributed by atoms with Crippen molar-refractivity contribution in [1.29, 1.82) is 0 Å². The first-order chi connectivity index (χ1) is 7.40. The molecule has 0 aromatic heterocycles. The molecule has 2 rings (SSSR count). The second kappa shape index (κ2) is 5.42. The molecular formula is C11H13ClN2S. The minimum atomic E-state index is 0.661. The minimum Gasteiger partial charge on any atom is -0.349 e. The van der Waals surface area contributed by atoms with E-state index >= 15 is 0 Å². The van der Waals surface area contributed by atoms with Gasteiger partial charge in [0.1, 0.15) is 0 Å². The maximum Gasteiger partial charge on any atom is 0.164 e. The van der Waals surface area contributed by atoms with Crippen LogP contribution in [0.3, 0.4) is 0 Å². The van der Waals surface area contributed by atoms with Crippen molar-refractivity contribution in [2.45, 2.75) is 0 Å². The van der Waals surface area contributed by atoms with Gasteiger partial charge in [-0.05, 0) is 12.1 Å². The van der Waals surface area contributed by atoms with Gasteiger partial charge < -0.3 is 4.90 Å². The number of alkyl halides is 1. The number of halogens is 1. The lowest BCUT2D eigenvalue weighted by molar-refractivity contribution is 0.491. The Morgan fingerprint density at radius 2 is 2.13 bits per heavy atom. The van der Waals surface area contributed by atoms with E-state index in [-0.39, 0.29) is 0 Å². The quantitative estimate of drug-likeness (QED) is 0.755. The lowest BCUT2D eigenvalue weighted by Gasteiger charge is -2.15. The third-order valence-corrected chi connectivity index (χ3v) is 3.36. The maximum atomic E-state index is 5.74. The first kappa shape index (κ1) is 10.8. The van der Waals surface area contributed by atoms with Crippen LogP contribution in [0.15, 0.2) is 35.3 Å². The van der Waals surface area contributed by atoms with Crippen molar-refractivity contribution in [3.05, 3.63) is 30.3 Å². The smallest absolute Gasteiger partial charge is 0.164 e. The number of benzene rings is 1. The second-order valence-electron chi connectivity index (χ2n) is 3.25. The summed E-state index contributed by atoms with van der Waals surface area (Å²) in [5.74, 6) is 1.77. The largest absolute Gasteiger partial charge is 0.349 e. The lowest BCUT2D eigenvalue weighted by atomic mass is 10.3. The normalized spacial score (nSPS) is 18.7. The zero-order valence-corrected chi connectivity index (χ0v) is 9.97.